The van der Waals surface area contributed by atoms with Gasteiger partial charge in [0.2, 0.25) is 0 Å². The summed E-state index contributed by atoms with van der Waals surface area (Å²) in [5.41, 5.74) is 4.30. The maximum absolute atomic E-state index is 12.6. The Morgan fingerprint density at radius 3 is 2.55 bits per heavy atom. The lowest BCUT2D eigenvalue weighted by molar-refractivity contribution is 0.0526. The van der Waals surface area contributed by atoms with Crippen LogP contribution in [0, 0.1) is 6.92 Å². The van der Waals surface area contributed by atoms with E-state index in [0.717, 1.165) is 49.5 Å². The Balaban J connectivity index is 1.61. The van der Waals surface area contributed by atoms with E-state index in [-0.39, 0.29) is 5.97 Å². The molecule has 1 aliphatic heterocycles. The first-order chi connectivity index (χ1) is 14.2. The monoisotopic (exact) mass is 390 g/mol. The van der Waals surface area contributed by atoms with Gasteiger partial charge in [-0.1, -0.05) is 30.3 Å². The minimum atomic E-state index is -0.329. The first kappa shape index (κ1) is 19.3. The molecule has 3 heterocycles. The zero-order chi connectivity index (χ0) is 20.2. The van der Waals surface area contributed by atoms with Crippen LogP contribution in [0.1, 0.15) is 28.5 Å². The minimum Gasteiger partial charge on any atom is -0.462 e. The lowest BCUT2D eigenvalue weighted by atomic mass is 10.1. The number of fused-ring (bicyclic) bond motifs is 1. The molecular formula is C23H26N4O2. The van der Waals surface area contributed by atoms with Crippen molar-refractivity contribution in [1.29, 1.82) is 0 Å². The maximum atomic E-state index is 12.6. The third kappa shape index (κ3) is 4.22. The van der Waals surface area contributed by atoms with Crippen LogP contribution in [-0.4, -0.2) is 53.6 Å². The predicted octanol–water partition coefficient (Wildman–Crippen LogP) is 3.44. The van der Waals surface area contributed by atoms with Gasteiger partial charge >= 0.3 is 5.97 Å². The summed E-state index contributed by atoms with van der Waals surface area (Å²) >= 11 is 0. The molecule has 1 saturated heterocycles. The van der Waals surface area contributed by atoms with Crippen molar-refractivity contribution in [3.63, 3.8) is 0 Å². The molecule has 1 fully saturated rings. The highest BCUT2D eigenvalue weighted by atomic mass is 16.5. The molecule has 0 aliphatic carbocycles. The van der Waals surface area contributed by atoms with Gasteiger partial charge in [0.25, 0.3) is 0 Å². The molecular weight excluding hydrogens is 364 g/mol. The van der Waals surface area contributed by atoms with Crippen LogP contribution in [0.2, 0.25) is 0 Å². The van der Waals surface area contributed by atoms with Crippen molar-refractivity contribution in [2.45, 2.75) is 20.4 Å². The molecule has 0 bridgehead atoms. The number of pyridine rings is 2. The van der Waals surface area contributed by atoms with Crippen molar-refractivity contribution in [1.82, 2.24) is 14.9 Å². The topological polar surface area (TPSA) is 58.6 Å². The number of esters is 1. The quantitative estimate of drug-likeness (QED) is 0.622. The van der Waals surface area contributed by atoms with Crippen LogP contribution >= 0.6 is 0 Å². The van der Waals surface area contributed by atoms with E-state index in [4.69, 9.17) is 4.74 Å². The molecule has 29 heavy (non-hydrogen) atoms. The highest BCUT2D eigenvalue weighted by molar-refractivity contribution is 6.04. The summed E-state index contributed by atoms with van der Waals surface area (Å²) in [6.45, 7) is 8.59. The molecule has 0 N–H and O–H groups in total. The lowest BCUT2D eigenvalue weighted by Gasteiger charge is -2.37. The highest BCUT2D eigenvalue weighted by Gasteiger charge is 2.25. The van der Waals surface area contributed by atoms with Crippen LogP contribution in [0.3, 0.4) is 0 Å². The normalized spacial score (nSPS) is 14.9. The second kappa shape index (κ2) is 8.57. The Morgan fingerprint density at radius 1 is 1.07 bits per heavy atom. The number of aromatic nitrogens is 2. The highest BCUT2D eigenvalue weighted by Crippen LogP contribution is 2.30. The van der Waals surface area contributed by atoms with E-state index in [9.17, 15) is 4.79 Å². The fourth-order valence-corrected chi connectivity index (χ4v) is 3.83. The average Bonchev–Trinajstić information content (AvgIpc) is 2.74. The standard InChI is InChI=1S/C23H26N4O2/c1-3-29-23(28)20-15-24-22-19(10-9-17(2)25-22)21(20)27-13-11-26(12-14-27)16-18-7-5-4-6-8-18/h4-10,15H,3,11-14,16H2,1-2H3. The summed E-state index contributed by atoms with van der Waals surface area (Å²) in [7, 11) is 0. The van der Waals surface area contributed by atoms with E-state index in [2.05, 4.69) is 44.0 Å². The zero-order valence-corrected chi connectivity index (χ0v) is 17.0. The van der Waals surface area contributed by atoms with Crippen molar-refractivity contribution in [2.24, 2.45) is 0 Å². The summed E-state index contributed by atoms with van der Waals surface area (Å²) in [5.74, 6) is -0.329. The number of hydrogen-bond donors (Lipinski definition) is 0. The van der Waals surface area contributed by atoms with Crippen molar-refractivity contribution in [3.05, 3.63) is 65.5 Å². The molecule has 0 saturated carbocycles. The maximum Gasteiger partial charge on any atom is 0.341 e. The fourth-order valence-electron chi connectivity index (χ4n) is 3.83. The van der Waals surface area contributed by atoms with Crippen molar-refractivity contribution < 1.29 is 9.53 Å². The largest absolute Gasteiger partial charge is 0.462 e. The fraction of sp³-hybridized carbons (Fsp3) is 0.348. The van der Waals surface area contributed by atoms with Gasteiger partial charge in [-0.3, -0.25) is 4.90 Å². The number of nitrogens with zero attached hydrogens (tertiary/aromatic N) is 4. The number of aryl methyl sites for hydroxylation is 1. The van der Waals surface area contributed by atoms with Crippen LogP contribution in [0.15, 0.2) is 48.7 Å². The smallest absolute Gasteiger partial charge is 0.341 e. The molecule has 6 nitrogen and oxygen atoms in total. The first-order valence-electron chi connectivity index (χ1n) is 10.1. The summed E-state index contributed by atoms with van der Waals surface area (Å²) in [4.78, 5) is 26.3. The van der Waals surface area contributed by atoms with E-state index in [1.807, 2.05) is 32.0 Å². The van der Waals surface area contributed by atoms with Crippen LogP contribution in [0.5, 0.6) is 0 Å². The summed E-state index contributed by atoms with van der Waals surface area (Å²) < 4.78 is 5.30. The molecule has 1 aromatic carbocycles. The molecule has 0 unspecified atom stereocenters. The second-order valence-electron chi connectivity index (χ2n) is 7.31. The number of carbonyl (C=O) groups excluding carboxylic acids is 1. The Labute approximate surface area is 171 Å². The average molecular weight is 390 g/mol. The van der Waals surface area contributed by atoms with E-state index in [0.29, 0.717) is 17.8 Å². The molecule has 1 aliphatic rings. The molecule has 0 atom stereocenters. The number of benzene rings is 1. The summed E-state index contributed by atoms with van der Waals surface area (Å²) in [5, 5.41) is 0.901. The van der Waals surface area contributed by atoms with Crippen molar-refractivity contribution in [3.8, 4) is 0 Å². The number of carbonyl (C=O) groups is 1. The third-order valence-electron chi connectivity index (χ3n) is 5.27. The van der Waals surface area contributed by atoms with Crippen LogP contribution in [0.4, 0.5) is 5.69 Å². The Hall–Kier alpha value is -2.99. The van der Waals surface area contributed by atoms with E-state index in [1.165, 1.54) is 5.56 Å². The summed E-state index contributed by atoms with van der Waals surface area (Å²) in [6.07, 6.45) is 1.61. The molecule has 150 valence electrons. The van der Waals surface area contributed by atoms with Gasteiger partial charge in [-0.05, 0) is 31.5 Å². The molecule has 0 spiro atoms. The number of ether oxygens (including phenoxy) is 1. The number of piperazine rings is 1. The van der Waals surface area contributed by atoms with Gasteiger partial charge < -0.3 is 9.64 Å². The minimum absolute atomic E-state index is 0.329. The van der Waals surface area contributed by atoms with Gasteiger partial charge in [0.1, 0.15) is 5.56 Å². The number of hydrogen-bond acceptors (Lipinski definition) is 6. The van der Waals surface area contributed by atoms with Crippen LogP contribution < -0.4 is 4.90 Å². The van der Waals surface area contributed by atoms with E-state index >= 15 is 0 Å². The van der Waals surface area contributed by atoms with Gasteiger partial charge in [-0.2, -0.15) is 0 Å². The second-order valence-corrected chi connectivity index (χ2v) is 7.31. The first-order valence-corrected chi connectivity index (χ1v) is 10.1. The van der Waals surface area contributed by atoms with E-state index in [1.54, 1.807) is 6.20 Å². The molecule has 3 aromatic rings. The van der Waals surface area contributed by atoms with Gasteiger partial charge in [-0.15, -0.1) is 0 Å². The Morgan fingerprint density at radius 2 is 1.83 bits per heavy atom. The van der Waals surface area contributed by atoms with Crippen LogP contribution in [0.25, 0.3) is 11.0 Å². The molecule has 4 rings (SSSR count). The predicted molar refractivity (Wildman–Crippen MR) is 114 cm³/mol. The molecule has 0 radical (unpaired) electrons. The lowest BCUT2D eigenvalue weighted by Crippen LogP contribution is -2.46. The van der Waals surface area contributed by atoms with Gasteiger partial charge in [0, 0.05) is 50.0 Å². The Kier molecular flexibility index (Phi) is 5.71. The summed E-state index contributed by atoms with van der Waals surface area (Å²) in [6, 6.07) is 14.5. The zero-order valence-electron chi connectivity index (χ0n) is 17.0. The number of anilines is 1. The third-order valence-corrected chi connectivity index (χ3v) is 5.27. The van der Waals surface area contributed by atoms with Crippen molar-refractivity contribution >= 4 is 22.7 Å². The van der Waals surface area contributed by atoms with E-state index < -0.39 is 0 Å². The van der Waals surface area contributed by atoms with Crippen LogP contribution in [-0.2, 0) is 11.3 Å². The SMILES string of the molecule is CCOC(=O)c1cnc2nc(C)ccc2c1N1CCN(Cc2ccccc2)CC1. The molecule has 6 heteroatoms. The van der Waals surface area contributed by atoms with Gasteiger partial charge in [-0.25, -0.2) is 14.8 Å². The van der Waals surface area contributed by atoms with Gasteiger partial charge in [0.15, 0.2) is 5.65 Å². The Bertz CT molecular complexity index is 998. The molecule has 2 aromatic heterocycles. The van der Waals surface area contributed by atoms with Crippen molar-refractivity contribution in [2.75, 3.05) is 37.7 Å². The van der Waals surface area contributed by atoms with Gasteiger partial charge in [0.05, 0.1) is 12.3 Å². The number of rotatable bonds is 5. The molecule has 0 amide bonds.